The number of aromatic hydroxyl groups is 1. The molecule has 0 unspecified atom stereocenters. The highest BCUT2D eigenvalue weighted by Gasteiger charge is 2.16. The van der Waals surface area contributed by atoms with Gasteiger partial charge in [0.1, 0.15) is 18.2 Å². The molecule has 184 valence electrons. The van der Waals surface area contributed by atoms with E-state index < -0.39 is 5.82 Å². The second-order valence-corrected chi connectivity index (χ2v) is 8.48. The zero-order chi connectivity index (χ0) is 25.5. The van der Waals surface area contributed by atoms with Crippen LogP contribution in [0.1, 0.15) is 21.6 Å². The van der Waals surface area contributed by atoms with Crippen molar-refractivity contribution in [2.75, 3.05) is 39.3 Å². The van der Waals surface area contributed by atoms with Crippen LogP contribution in [0.4, 0.5) is 10.1 Å². The zero-order valence-electron chi connectivity index (χ0n) is 19.9. The minimum Gasteiger partial charge on any atom is -0.508 e. The minimum absolute atomic E-state index is 0.135. The first-order valence-electron chi connectivity index (χ1n) is 10.9. The summed E-state index contributed by atoms with van der Waals surface area (Å²) in [4.78, 5) is 24.7. The molecular weight excluding hydrogens is 471 g/mol. The fourth-order valence-corrected chi connectivity index (χ4v) is 3.53. The molecule has 7 nitrogen and oxygen atoms in total. The molecule has 2 N–H and O–H groups in total. The van der Waals surface area contributed by atoms with E-state index in [0.29, 0.717) is 23.5 Å². The van der Waals surface area contributed by atoms with Crippen molar-refractivity contribution in [2.45, 2.75) is 6.61 Å². The van der Waals surface area contributed by atoms with Gasteiger partial charge in [0, 0.05) is 43.0 Å². The summed E-state index contributed by atoms with van der Waals surface area (Å²) in [6.45, 7) is 4.92. The molecule has 9 heteroatoms. The molecule has 0 fully saturated rings. The molecule has 1 heterocycles. The van der Waals surface area contributed by atoms with E-state index in [9.17, 15) is 14.3 Å². The molecular formula is C26H28ClFN4O3. The molecule has 3 rings (SSSR count). The maximum atomic E-state index is 13.8. The molecule has 1 amide bonds. The van der Waals surface area contributed by atoms with Crippen molar-refractivity contribution in [2.24, 2.45) is 0 Å². The highest BCUT2D eigenvalue weighted by Crippen LogP contribution is 2.31. The van der Waals surface area contributed by atoms with Crippen LogP contribution in [0.2, 0.25) is 5.02 Å². The number of amides is 1. The van der Waals surface area contributed by atoms with Gasteiger partial charge in [-0.1, -0.05) is 30.3 Å². The number of aromatic nitrogens is 1. The van der Waals surface area contributed by atoms with Gasteiger partial charge in [-0.2, -0.15) is 0 Å². The summed E-state index contributed by atoms with van der Waals surface area (Å²) in [6.07, 6.45) is 3.27. The van der Waals surface area contributed by atoms with Gasteiger partial charge in [-0.05, 0) is 56.1 Å². The SMILES string of the molecule is C=Cc1ncc(-c2cccc(C(=O)NCCN(C)C)c2)cc1N(C)OCc1c(O)ccc(F)c1Cl. The number of nitrogens with one attached hydrogen (secondary N) is 1. The first-order valence-corrected chi connectivity index (χ1v) is 11.3. The molecule has 0 saturated carbocycles. The maximum Gasteiger partial charge on any atom is 0.251 e. The number of nitrogens with zero attached hydrogens (tertiary/aromatic N) is 3. The van der Waals surface area contributed by atoms with E-state index in [4.69, 9.17) is 16.4 Å². The molecule has 0 spiro atoms. The summed E-state index contributed by atoms with van der Waals surface area (Å²) < 4.78 is 13.8. The van der Waals surface area contributed by atoms with Gasteiger partial charge < -0.3 is 15.3 Å². The summed E-state index contributed by atoms with van der Waals surface area (Å²) >= 11 is 5.98. The van der Waals surface area contributed by atoms with Gasteiger partial charge in [0.05, 0.1) is 16.4 Å². The Morgan fingerprint density at radius 2 is 2.00 bits per heavy atom. The summed E-state index contributed by atoms with van der Waals surface area (Å²) in [5.74, 6) is -0.968. The molecule has 0 radical (unpaired) electrons. The lowest BCUT2D eigenvalue weighted by Gasteiger charge is -2.22. The molecule has 3 aromatic rings. The molecule has 35 heavy (non-hydrogen) atoms. The van der Waals surface area contributed by atoms with Gasteiger partial charge in [-0.25, -0.2) is 4.39 Å². The lowest BCUT2D eigenvalue weighted by Crippen LogP contribution is -2.31. The number of pyridine rings is 1. The number of halogens is 2. The van der Waals surface area contributed by atoms with Crippen LogP contribution in [-0.2, 0) is 11.4 Å². The lowest BCUT2D eigenvalue weighted by molar-refractivity contribution is 0.0951. The average molecular weight is 499 g/mol. The van der Waals surface area contributed by atoms with Crippen molar-refractivity contribution in [1.82, 2.24) is 15.2 Å². The van der Waals surface area contributed by atoms with E-state index in [1.165, 1.54) is 11.1 Å². The van der Waals surface area contributed by atoms with Crippen LogP contribution in [0, 0.1) is 5.82 Å². The third kappa shape index (κ3) is 6.57. The van der Waals surface area contributed by atoms with Gasteiger partial charge in [-0.15, -0.1) is 0 Å². The number of hydrogen-bond acceptors (Lipinski definition) is 6. The predicted octanol–water partition coefficient (Wildman–Crippen LogP) is 4.75. The molecule has 2 aromatic carbocycles. The van der Waals surface area contributed by atoms with E-state index in [2.05, 4.69) is 16.9 Å². The van der Waals surface area contributed by atoms with Crippen LogP contribution in [0.25, 0.3) is 17.2 Å². The Labute approximate surface area is 209 Å². The second kappa shape index (κ2) is 11.8. The van der Waals surface area contributed by atoms with Crippen LogP contribution >= 0.6 is 11.6 Å². The number of benzene rings is 2. The number of carbonyl (C=O) groups excluding carboxylic acids is 1. The molecule has 1 aromatic heterocycles. The number of phenols is 1. The Morgan fingerprint density at radius 1 is 1.23 bits per heavy atom. The van der Waals surface area contributed by atoms with E-state index in [0.717, 1.165) is 23.7 Å². The third-order valence-corrected chi connectivity index (χ3v) is 5.72. The van der Waals surface area contributed by atoms with E-state index >= 15 is 0 Å². The van der Waals surface area contributed by atoms with Crippen molar-refractivity contribution < 1.29 is 19.1 Å². The first kappa shape index (κ1) is 26.2. The van der Waals surface area contributed by atoms with Gasteiger partial charge >= 0.3 is 0 Å². The van der Waals surface area contributed by atoms with Gasteiger partial charge in [0.15, 0.2) is 0 Å². The number of hydroxylamine groups is 1. The van der Waals surface area contributed by atoms with Crippen LogP contribution in [0.15, 0.2) is 55.2 Å². The standard InChI is InChI=1S/C26H28ClFN4O3/c1-5-22-23(32(4)35-16-20-24(33)10-9-21(28)25(20)27)14-19(15-30-22)17-7-6-8-18(13-17)26(34)29-11-12-31(2)3/h5-10,13-15,33H,1,11-12,16H2,2-4H3,(H,29,34). The van der Waals surface area contributed by atoms with E-state index in [1.807, 2.05) is 37.2 Å². The topological polar surface area (TPSA) is 77.9 Å². The number of rotatable bonds is 10. The molecule has 0 aliphatic carbocycles. The van der Waals surface area contributed by atoms with E-state index in [1.54, 1.807) is 31.5 Å². The highest BCUT2D eigenvalue weighted by molar-refractivity contribution is 6.31. The summed E-state index contributed by atoms with van der Waals surface area (Å²) in [6, 6.07) is 11.4. The van der Waals surface area contributed by atoms with Crippen molar-refractivity contribution in [3.63, 3.8) is 0 Å². The Kier molecular flexibility index (Phi) is 8.81. The maximum absolute atomic E-state index is 13.8. The zero-order valence-corrected chi connectivity index (χ0v) is 20.6. The average Bonchev–Trinajstić information content (AvgIpc) is 2.85. The smallest absolute Gasteiger partial charge is 0.251 e. The molecule has 0 atom stereocenters. The summed E-state index contributed by atoms with van der Waals surface area (Å²) in [7, 11) is 5.55. The van der Waals surface area contributed by atoms with E-state index in [-0.39, 0.29) is 28.8 Å². The summed E-state index contributed by atoms with van der Waals surface area (Å²) in [5, 5.41) is 14.2. The molecule has 0 aliphatic heterocycles. The van der Waals surface area contributed by atoms with Crippen molar-refractivity contribution in [3.05, 3.63) is 82.9 Å². The fourth-order valence-electron chi connectivity index (χ4n) is 3.32. The quantitative estimate of drug-likeness (QED) is 0.393. The Hall–Kier alpha value is -3.46. The normalized spacial score (nSPS) is 10.9. The van der Waals surface area contributed by atoms with Crippen molar-refractivity contribution >= 4 is 29.3 Å². The highest BCUT2D eigenvalue weighted by atomic mass is 35.5. The number of likely N-dealkylation sites (N-methyl/N-ethyl adjacent to an activating group) is 1. The summed E-state index contributed by atoms with van der Waals surface area (Å²) in [5.41, 5.74) is 3.38. The van der Waals surface area contributed by atoms with Crippen LogP contribution in [0.5, 0.6) is 5.75 Å². The van der Waals surface area contributed by atoms with Gasteiger partial charge in [0.2, 0.25) is 0 Å². The molecule has 0 aliphatic rings. The van der Waals surface area contributed by atoms with Crippen molar-refractivity contribution in [3.8, 4) is 16.9 Å². The largest absolute Gasteiger partial charge is 0.508 e. The number of hydrogen-bond donors (Lipinski definition) is 2. The number of carbonyl (C=O) groups is 1. The first-order chi connectivity index (χ1) is 16.7. The Bertz CT molecular complexity index is 1220. The number of phenolic OH excluding ortho intramolecular Hbond substituents is 1. The van der Waals surface area contributed by atoms with Crippen LogP contribution in [-0.4, -0.2) is 55.1 Å². The fraction of sp³-hybridized carbons (Fsp3) is 0.231. The van der Waals surface area contributed by atoms with Crippen LogP contribution < -0.4 is 10.4 Å². The Balaban J connectivity index is 1.82. The van der Waals surface area contributed by atoms with Crippen molar-refractivity contribution in [1.29, 1.82) is 0 Å². The van der Waals surface area contributed by atoms with Gasteiger partial charge in [-0.3, -0.25) is 19.7 Å². The molecule has 0 bridgehead atoms. The second-order valence-electron chi connectivity index (χ2n) is 8.10. The van der Waals surface area contributed by atoms with Crippen LogP contribution in [0.3, 0.4) is 0 Å². The Morgan fingerprint density at radius 3 is 2.71 bits per heavy atom. The third-order valence-electron chi connectivity index (χ3n) is 5.31. The number of anilines is 1. The lowest BCUT2D eigenvalue weighted by atomic mass is 10.0. The molecule has 0 saturated heterocycles. The van der Waals surface area contributed by atoms with Gasteiger partial charge in [0.25, 0.3) is 5.91 Å². The minimum atomic E-state index is -0.646. The predicted molar refractivity (Wildman–Crippen MR) is 137 cm³/mol. The monoisotopic (exact) mass is 498 g/mol.